The van der Waals surface area contributed by atoms with Crippen molar-refractivity contribution in [2.24, 2.45) is 0 Å². The number of carbonyl (C=O) groups excluding carboxylic acids is 1. The maximum absolute atomic E-state index is 14.1. The Labute approximate surface area is 174 Å². The van der Waals surface area contributed by atoms with Gasteiger partial charge in [0.25, 0.3) is 0 Å². The van der Waals surface area contributed by atoms with Gasteiger partial charge >= 0.3 is 6.18 Å². The second-order valence-corrected chi connectivity index (χ2v) is 7.89. The molecule has 2 aliphatic rings. The number of nitrogens with one attached hydrogen (secondary N) is 1. The number of hydrogen-bond acceptors (Lipinski definition) is 3. The molecular formula is C20H15Cl2F3N2O2. The first-order chi connectivity index (χ1) is 13.6. The van der Waals surface area contributed by atoms with Gasteiger partial charge in [0.05, 0.1) is 5.70 Å². The number of hydroxylamine groups is 1. The molecule has 2 aromatic carbocycles. The zero-order valence-corrected chi connectivity index (χ0v) is 16.6. The number of halogens is 5. The van der Waals surface area contributed by atoms with Crippen LogP contribution in [0.15, 0.2) is 42.5 Å². The van der Waals surface area contributed by atoms with E-state index in [9.17, 15) is 18.0 Å². The van der Waals surface area contributed by atoms with Gasteiger partial charge in [-0.25, -0.2) is 0 Å². The van der Waals surface area contributed by atoms with Gasteiger partial charge in [-0.05, 0) is 41.5 Å². The minimum atomic E-state index is -4.77. The molecule has 1 atom stereocenters. The van der Waals surface area contributed by atoms with Gasteiger partial charge in [0, 0.05) is 41.2 Å². The summed E-state index contributed by atoms with van der Waals surface area (Å²) in [6.45, 7) is 2.39. The van der Waals surface area contributed by atoms with Gasteiger partial charge in [-0.15, -0.1) is 0 Å². The molecule has 9 heteroatoms. The first-order valence-electron chi connectivity index (χ1n) is 8.67. The molecule has 2 heterocycles. The van der Waals surface area contributed by atoms with Gasteiger partial charge < -0.3 is 4.90 Å². The van der Waals surface area contributed by atoms with E-state index in [0.717, 1.165) is 17.2 Å². The second kappa shape index (κ2) is 6.93. The quantitative estimate of drug-likeness (QED) is 0.695. The molecule has 4 rings (SSSR count). The molecule has 29 heavy (non-hydrogen) atoms. The van der Waals surface area contributed by atoms with Gasteiger partial charge in [-0.3, -0.25) is 15.1 Å². The summed E-state index contributed by atoms with van der Waals surface area (Å²) in [6.07, 6.45) is -3.79. The number of fused-ring (bicyclic) bond motifs is 1. The van der Waals surface area contributed by atoms with Crippen molar-refractivity contribution in [3.05, 3.63) is 74.8 Å². The summed E-state index contributed by atoms with van der Waals surface area (Å²) in [4.78, 5) is 18.4. The zero-order valence-electron chi connectivity index (χ0n) is 15.1. The summed E-state index contributed by atoms with van der Waals surface area (Å²) >= 11 is 11.8. The van der Waals surface area contributed by atoms with Crippen LogP contribution >= 0.6 is 23.2 Å². The van der Waals surface area contributed by atoms with Gasteiger partial charge in [-0.1, -0.05) is 35.3 Å². The number of hydrogen-bond donors (Lipinski definition) is 1. The molecule has 1 N–H and O–H groups in total. The summed E-state index contributed by atoms with van der Waals surface area (Å²) in [5, 5.41) is 0.145. The molecule has 2 aliphatic heterocycles. The fourth-order valence-electron chi connectivity index (χ4n) is 3.54. The molecule has 0 bridgehead atoms. The van der Waals surface area contributed by atoms with Gasteiger partial charge in [0.1, 0.15) is 0 Å². The molecule has 0 fully saturated rings. The predicted octanol–water partition coefficient (Wildman–Crippen LogP) is 5.19. The summed E-state index contributed by atoms with van der Waals surface area (Å²) in [5.41, 5.74) is 1.99. The highest BCUT2D eigenvalue weighted by Gasteiger charge is 2.59. The fraction of sp³-hybridized carbons (Fsp3) is 0.250. The van der Waals surface area contributed by atoms with E-state index in [0.29, 0.717) is 18.7 Å². The van der Waals surface area contributed by atoms with Crippen LogP contribution in [0.3, 0.4) is 0 Å². The van der Waals surface area contributed by atoms with Gasteiger partial charge in [-0.2, -0.15) is 13.2 Å². The summed E-state index contributed by atoms with van der Waals surface area (Å²) in [6, 6.07) is 8.97. The topological polar surface area (TPSA) is 41.6 Å². The lowest BCUT2D eigenvalue weighted by molar-refractivity contribution is -0.269. The Hall–Kier alpha value is -2.22. The van der Waals surface area contributed by atoms with Crippen molar-refractivity contribution in [3.8, 4) is 0 Å². The molecule has 152 valence electrons. The summed E-state index contributed by atoms with van der Waals surface area (Å²) in [5.74, 6) is -0.0572. The lowest BCUT2D eigenvalue weighted by Crippen LogP contribution is -2.42. The molecule has 4 nitrogen and oxygen atoms in total. The number of carbonyl (C=O) groups is 1. The van der Waals surface area contributed by atoms with Crippen LogP contribution < -0.4 is 5.48 Å². The van der Waals surface area contributed by atoms with E-state index in [4.69, 9.17) is 28.0 Å². The van der Waals surface area contributed by atoms with Crippen LogP contribution in [-0.4, -0.2) is 17.0 Å². The predicted molar refractivity (Wildman–Crippen MR) is 103 cm³/mol. The zero-order chi connectivity index (χ0) is 21.0. The average molecular weight is 443 g/mol. The minimum absolute atomic E-state index is 0.0572. The Morgan fingerprint density at radius 3 is 2.38 bits per heavy atom. The largest absolute Gasteiger partial charge is 0.428 e. The number of rotatable bonds is 2. The Morgan fingerprint density at radius 1 is 1.10 bits per heavy atom. The van der Waals surface area contributed by atoms with Crippen LogP contribution in [-0.2, 0) is 28.3 Å². The standard InChI is InChI=1S/C20H15Cl2F3N2O2/c1-11(28)27-9-13-3-2-12(4-14(13)10-27)18-8-19(29-26-18,20(23,24)25)15-5-16(21)7-17(22)6-15/h2-8,26H,9-10H2,1H3. The van der Waals surface area contributed by atoms with Crippen molar-refractivity contribution in [1.29, 1.82) is 0 Å². The van der Waals surface area contributed by atoms with E-state index < -0.39 is 11.8 Å². The lowest BCUT2D eigenvalue weighted by atomic mass is 9.91. The molecule has 0 saturated carbocycles. The van der Waals surface area contributed by atoms with Gasteiger partial charge in [0.15, 0.2) is 0 Å². The number of alkyl halides is 3. The van der Waals surface area contributed by atoms with Crippen LogP contribution in [0.25, 0.3) is 5.70 Å². The van der Waals surface area contributed by atoms with E-state index in [-0.39, 0.29) is 27.2 Å². The van der Waals surface area contributed by atoms with E-state index in [1.807, 2.05) is 0 Å². The third-order valence-corrected chi connectivity index (χ3v) is 5.50. The normalized spacial score (nSPS) is 21.0. The third kappa shape index (κ3) is 3.47. The third-order valence-electron chi connectivity index (χ3n) is 5.07. The Morgan fingerprint density at radius 2 is 1.76 bits per heavy atom. The summed E-state index contributed by atoms with van der Waals surface area (Å²) in [7, 11) is 0. The van der Waals surface area contributed by atoms with Crippen molar-refractivity contribution < 1.29 is 22.8 Å². The molecule has 1 amide bonds. The molecule has 0 aliphatic carbocycles. The Balaban J connectivity index is 1.75. The molecule has 0 spiro atoms. The molecule has 0 saturated heterocycles. The average Bonchev–Trinajstić information content (AvgIpc) is 3.25. The maximum atomic E-state index is 14.1. The van der Waals surface area contributed by atoms with Crippen molar-refractivity contribution in [2.45, 2.75) is 31.8 Å². The smallest absolute Gasteiger partial charge is 0.334 e. The first-order valence-corrected chi connectivity index (χ1v) is 9.42. The monoisotopic (exact) mass is 442 g/mol. The van der Waals surface area contributed by atoms with Crippen LogP contribution in [0.4, 0.5) is 13.2 Å². The van der Waals surface area contributed by atoms with Crippen molar-refractivity contribution in [3.63, 3.8) is 0 Å². The van der Waals surface area contributed by atoms with E-state index in [2.05, 4.69) is 5.48 Å². The molecule has 1 unspecified atom stereocenters. The highest BCUT2D eigenvalue weighted by molar-refractivity contribution is 6.34. The first kappa shape index (κ1) is 20.1. The van der Waals surface area contributed by atoms with E-state index in [1.54, 1.807) is 23.1 Å². The second-order valence-electron chi connectivity index (χ2n) is 7.01. The minimum Gasteiger partial charge on any atom is -0.334 e. The Kier molecular flexibility index (Phi) is 4.80. The van der Waals surface area contributed by atoms with Crippen molar-refractivity contribution >= 4 is 34.8 Å². The van der Waals surface area contributed by atoms with E-state index >= 15 is 0 Å². The van der Waals surface area contributed by atoms with E-state index in [1.165, 1.54) is 25.1 Å². The van der Waals surface area contributed by atoms with Crippen molar-refractivity contribution in [1.82, 2.24) is 10.4 Å². The maximum Gasteiger partial charge on any atom is 0.428 e. The van der Waals surface area contributed by atoms with Crippen LogP contribution in [0.1, 0.15) is 29.2 Å². The number of benzene rings is 2. The van der Waals surface area contributed by atoms with Gasteiger partial charge in [0.2, 0.25) is 11.5 Å². The highest BCUT2D eigenvalue weighted by Crippen LogP contribution is 2.48. The molecular weight excluding hydrogens is 428 g/mol. The Bertz CT molecular complexity index is 1020. The van der Waals surface area contributed by atoms with Crippen molar-refractivity contribution in [2.75, 3.05) is 0 Å². The number of amides is 1. The van der Waals surface area contributed by atoms with Crippen LogP contribution in [0.5, 0.6) is 0 Å². The van der Waals surface area contributed by atoms with Crippen LogP contribution in [0, 0.1) is 0 Å². The number of nitrogens with zero attached hydrogens (tertiary/aromatic N) is 1. The highest BCUT2D eigenvalue weighted by atomic mass is 35.5. The fourth-order valence-corrected chi connectivity index (χ4v) is 4.06. The SMILES string of the molecule is CC(=O)N1Cc2ccc(C3=CC(c4cc(Cl)cc(Cl)c4)(C(F)(F)F)ON3)cc2C1. The molecule has 0 radical (unpaired) electrons. The molecule has 0 aromatic heterocycles. The summed E-state index contributed by atoms with van der Waals surface area (Å²) < 4.78 is 42.2. The van der Waals surface area contributed by atoms with Crippen LogP contribution in [0.2, 0.25) is 10.0 Å². The molecule has 2 aromatic rings. The lowest BCUT2D eigenvalue weighted by Gasteiger charge is -2.28.